The van der Waals surface area contributed by atoms with Crippen LogP contribution in [0.5, 0.6) is 0 Å². The fraction of sp³-hybridized carbons (Fsp3) is 0.286. The summed E-state index contributed by atoms with van der Waals surface area (Å²) in [4.78, 5) is 10.1. The fourth-order valence-corrected chi connectivity index (χ4v) is 0.640. The maximum atomic E-state index is 10.1. The Morgan fingerprint density at radius 2 is 2.38 bits per heavy atom. The quantitative estimate of drug-likeness (QED) is 0.648. The average Bonchev–Trinajstić information content (AvgIpc) is 2.48. The number of nitrogens with two attached hydrogens (primary N) is 1. The van der Waals surface area contributed by atoms with Crippen LogP contribution in [0.25, 0.3) is 6.08 Å². The Balaban J connectivity index is 2.75. The molecule has 13 heavy (non-hydrogen) atoms. The van der Waals surface area contributed by atoms with Crippen molar-refractivity contribution in [2.45, 2.75) is 13.0 Å². The van der Waals surface area contributed by atoms with Crippen LogP contribution in [0.15, 0.2) is 10.5 Å². The van der Waals surface area contributed by atoms with Gasteiger partial charge in [0.1, 0.15) is 0 Å². The van der Waals surface area contributed by atoms with Crippen molar-refractivity contribution in [2.24, 2.45) is 5.73 Å². The predicted molar refractivity (Wildman–Crippen MR) is 43.6 cm³/mol. The van der Waals surface area contributed by atoms with E-state index in [4.69, 9.17) is 15.3 Å². The van der Waals surface area contributed by atoms with E-state index in [0.29, 0.717) is 0 Å². The summed E-state index contributed by atoms with van der Waals surface area (Å²) in [5, 5.41) is 15.5. The number of rotatable bonds is 3. The average molecular weight is 183 g/mol. The zero-order valence-electron chi connectivity index (χ0n) is 6.97. The molecule has 0 aromatic carbocycles. The summed E-state index contributed by atoms with van der Waals surface area (Å²) in [6.07, 6.45) is 2.12. The van der Waals surface area contributed by atoms with Crippen molar-refractivity contribution >= 4 is 12.0 Å². The SMILES string of the molecule is C[C@H](N)c1nnc(/C=C/C(=O)O)o1. The van der Waals surface area contributed by atoms with Gasteiger partial charge in [-0.05, 0) is 6.92 Å². The van der Waals surface area contributed by atoms with Crippen LogP contribution >= 0.6 is 0 Å². The number of aromatic nitrogens is 2. The summed E-state index contributed by atoms with van der Waals surface area (Å²) >= 11 is 0. The van der Waals surface area contributed by atoms with Crippen molar-refractivity contribution < 1.29 is 14.3 Å². The number of carboxylic acids is 1. The maximum absolute atomic E-state index is 10.1. The van der Waals surface area contributed by atoms with E-state index in [9.17, 15) is 4.79 Å². The van der Waals surface area contributed by atoms with Crippen LogP contribution in [0.4, 0.5) is 0 Å². The minimum atomic E-state index is -1.07. The molecular weight excluding hydrogens is 174 g/mol. The van der Waals surface area contributed by atoms with Crippen molar-refractivity contribution in [2.75, 3.05) is 0 Å². The van der Waals surface area contributed by atoms with E-state index in [1.165, 1.54) is 6.08 Å². The van der Waals surface area contributed by atoms with Crippen LogP contribution < -0.4 is 5.73 Å². The highest BCUT2D eigenvalue weighted by molar-refractivity contribution is 5.84. The molecule has 0 aliphatic rings. The van der Waals surface area contributed by atoms with Crippen LogP contribution in [0.3, 0.4) is 0 Å². The normalized spacial score (nSPS) is 13.4. The van der Waals surface area contributed by atoms with Gasteiger partial charge in [0.2, 0.25) is 11.8 Å². The lowest BCUT2D eigenvalue weighted by Gasteiger charge is -1.93. The lowest BCUT2D eigenvalue weighted by atomic mass is 10.4. The van der Waals surface area contributed by atoms with Gasteiger partial charge in [0.25, 0.3) is 0 Å². The van der Waals surface area contributed by atoms with Crippen molar-refractivity contribution in [3.8, 4) is 0 Å². The molecule has 6 nitrogen and oxygen atoms in total. The number of aliphatic carboxylic acids is 1. The molecule has 0 saturated carbocycles. The Hall–Kier alpha value is -1.69. The van der Waals surface area contributed by atoms with Gasteiger partial charge >= 0.3 is 5.97 Å². The molecule has 1 aromatic rings. The highest BCUT2D eigenvalue weighted by atomic mass is 16.4. The molecule has 1 heterocycles. The van der Waals surface area contributed by atoms with Gasteiger partial charge in [-0.2, -0.15) is 0 Å². The third-order valence-electron chi connectivity index (χ3n) is 1.21. The fourth-order valence-electron chi connectivity index (χ4n) is 0.640. The van der Waals surface area contributed by atoms with Crippen LogP contribution in [0.2, 0.25) is 0 Å². The molecule has 6 heteroatoms. The summed E-state index contributed by atoms with van der Waals surface area (Å²) in [6, 6.07) is -0.348. The molecule has 0 aliphatic carbocycles. The third kappa shape index (κ3) is 2.68. The Kier molecular flexibility index (Phi) is 2.76. The summed E-state index contributed by atoms with van der Waals surface area (Å²) in [5.74, 6) is -0.653. The van der Waals surface area contributed by atoms with Crippen molar-refractivity contribution in [3.63, 3.8) is 0 Å². The summed E-state index contributed by atoms with van der Waals surface area (Å²) < 4.78 is 5.00. The standard InChI is InChI=1S/C7H9N3O3/c1-4(8)7-10-9-5(13-7)2-3-6(11)12/h2-4H,8H2,1H3,(H,11,12)/b3-2+/t4-/m0/s1. The van der Waals surface area contributed by atoms with E-state index in [1.807, 2.05) is 0 Å². The van der Waals surface area contributed by atoms with Gasteiger partial charge in [-0.3, -0.25) is 0 Å². The molecule has 0 aliphatic heterocycles. The minimum Gasteiger partial charge on any atom is -0.478 e. The maximum Gasteiger partial charge on any atom is 0.328 e. The van der Waals surface area contributed by atoms with E-state index in [2.05, 4.69) is 10.2 Å². The lowest BCUT2D eigenvalue weighted by molar-refractivity contribution is -0.131. The van der Waals surface area contributed by atoms with Gasteiger partial charge in [-0.25, -0.2) is 4.79 Å². The molecule has 0 bridgehead atoms. The van der Waals surface area contributed by atoms with Gasteiger partial charge < -0.3 is 15.3 Å². The molecule has 1 rings (SSSR count). The summed E-state index contributed by atoms with van der Waals surface area (Å²) in [7, 11) is 0. The monoisotopic (exact) mass is 183 g/mol. The first kappa shape index (κ1) is 9.40. The second-order valence-electron chi connectivity index (χ2n) is 2.44. The highest BCUT2D eigenvalue weighted by Gasteiger charge is 2.07. The van der Waals surface area contributed by atoms with E-state index in [-0.39, 0.29) is 17.8 Å². The van der Waals surface area contributed by atoms with E-state index < -0.39 is 5.97 Å². The molecule has 70 valence electrons. The van der Waals surface area contributed by atoms with E-state index >= 15 is 0 Å². The van der Waals surface area contributed by atoms with E-state index in [0.717, 1.165) is 6.08 Å². The van der Waals surface area contributed by atoms with Crippen LogP contribution in [0, 0.1) is 0 Å². The van der Waals surface area contributed by atoms with E-state index in [1.54, 1.807) is 6.92 Å². The lowest BCUT2D eigenvalue weighted by Crippen LogP contribution is -2.04. The largest absolute Gasteiger partial charge is 0.478 e. The van der Waals surface area contributed by atoms with Gasteiger partial charge in [0.05, 0.1) is 6.04 Å². The third-order valence-corrected chi connectivity index (χ3v) is 1.21. The number of nitrogens with zero attached hydrogens (tertiary/aromatic N) is 2. The first-order chi connectivity index (χ1) is 6.09. The second kappa shape index (κ2) is 3.81. The smallest absolute Gasteiger partial charge is 0.328 e. The Morgan fingerprint density at radius 1 is 1.69 bits per heavy atom. The zero-order valence-corrected chi connectivity index (χ0v) is 6.97. The number of carboxylic acid groups (broad SMARTS) is 1. The first-order valence-electron chi connectivity index (χ1n) is 3.59. The van der Waals surface area contributed by atoms with Gasteiger partial charge in [0, 0.05) is 12.2 Å². The minimum absolute atomic E-state index is 0.134. The topological polar surface area (TPSA) is 102 Å². The molecule has 0 fully saturated rings. The Labute approximate surface area is 74.1 Å². The molecule has 0 amide bonds. The number of hydrogen-bond acceptors (Lipinski definition) is 5. The number of carbonyl (C=O) groups is 1. The van der Waals surface area contributed by atoms with Gasteiger partial charge in [-0.1, -0.05) is 0 Å². The molecule has 0 radical (unpaired) electrons. The molecule has 3 N–H and O–H groups in total. The first-order valence-corrected chi connectivity index (χ1v) is 3.59. The Bertz CT molecular complexity index is 329. The summed E-state index contributed by atoms with van der Waals surface area (Å²) in [5.41, 5.74) is 5.45. The van der Waals surface area contributed by atoms with Crippen molar-refractivity contribution in [1.82, 2.24) is 10.2 Å². The molecule has 0 unspecified atom stereocenters. The zero-order chi connectivity index (χ0) is 9.84. The second-order valence-corrected chi connectivity index (χ2v) is 2.44. The molecule has 1 aromatic heterocycles. The van der Waals surface area contributed by atoms with Gasteiger partial charge in [0.15, 0.2) is 0 Å². The number of hydrogen-bond donors (Lipinski definition) is 2. The van der Waals surface area contributed by atoms with Crippen LogP contribution in [-0.2, 0) is 4.79 Å². The molecule has 0 spiro atoms. The van der Waals surface area contributed by atoms with Crippen molar-refractivity contribution in [3.05, 3.63) is 17.9 Å². The highest BCUT2D eigenvalue weighted by Crippen LogP contribution is 2.08. The molecule has 0 saturated heterocycles. The molecule has 1 atom stereocenters. The van der Waals surface area contributed by atoms with Gasteiger partial charge in [-0.15, -0.1) is 10.2 Å². The Morgan fingerprint density at radius 3 is 2.85 bits per heavy atom. The van der Waals surface area contributed by atoms with Crippen LogP contribution in [0.1, 0.15) is 24.7 Å². The predicted octanol–water partition coefficient (Wildman–Crippen LogP) is 0.187. The van der Waals surface area contributed by atoms with Crippen molar-refractivity contribution in [1.29, 1.82) is 0 Å². The summed E-state index contributed by atoms with van der Waals surface area (Å²) in [6.45, 7) is 1.69. The van der Waals surface area contributed by atoms with Crippen LogP contribution in [-0.4, -0.2) is 21.3 Å². The molecular formula is C7H9N3O3.